The lowest BCUT2D eigenvalue weighted by molar-refractivity contribution is -0.141. The summed E-state index contributed by atoms with van der Waals surface area (Å²) in [5.41, 5.74) is 0.697. The van der Waals surface area contributed by atoms with Gasteiger partial charge in [0.25, 0.3) is 0 Å². The Morgan fingerprint density at radius 3 is 2.26 bits per heavy atom. The van der Waals surface area contributed by atoms with Crippen molar-refractivity contribution in [3.63, 3.8) is 0 Å². The molecule has 0 aliphatic heterocycles. The third kappa shape index (κ3) is 5.69. The van der Waals surface area contributed by atoms with Crippen molar-refractivity contribution in [1.29, 1.82) is 0 Å². The zero-order chi connectivity index (χ0) is 22.4. The normalized spacial score (nSPS) is 11.1. The van der Waals surface area contributed by atoms with Crippen LogP contribution in [0.25, 0.3) is 0 Å². The van der Waals surface area contributed by atoms with Gasteiger partial charge in [0.2, 0.25) is 0 Å². The Hall–Kier alpha value is -3.68. The van der Waals surface area contributed by atoms with E-state index in [1.807, 2.05) is 0 Å². The molecule has 1 aromatic heterocycles. The van der Waals surface area contributed by atoms with Crippen LogP contribution in [0.2, 0.25) is 0 Å². The number of esters is 1. The smallest absolute Gasteiger partial charge is 0.433 e. The molecule has 0 amide bonds. The van der Waals surface area contributed by atoms with Gasteiger partial charge in [-0.15, -0.1) is 0 Å². The largest absolute Gasteiger partial charge is 0.465 e. The molecule has 0 bridgehead atoms. The van der Waals surface area contributed by atoms with Crippen LogP contribution in [-0.4, -0.2) is 23.8 Å². The number of ketones is 1. The number of nitrogens with zero attached hydrogens (tertiary/aromatic N) is 1. The third-order valence-electron chi connectivity index (χ3n) is 4.54. The van der Waals surface area contributed by atoms with E-state index in [1.54, 1.807) is 54.6 Å². The number of alkyl halides is 3. The van der Waals surface area contributed by atoms with E-state index >= 15 is 0 Å². The lowest BCUT2D eigenvalue weighted by Gasteiger charge is -2.14. The maximum atomic E-state index is 13.1. The monoisotopic (exact) mass is 428 g/mol. The Labute approximate surface area is 176 Å². The van der Waals surface area contributed by atoms with E-state index in [0.29, 0.717) is 17.7 Å². The van der Waals surface area contributed by atoms with Crippen LogP contribution in [0, 0.1) is 0 Å². The van der Waals surface area contributed by atoms with Gasteiger partial charge in [-0.2, -0.15) is 13.2 Å². The van der Waals surface area contributed by atoms with Gasteiger partial charge in [-0.25, -0.2) is 9.78 Å². The molecular formula is C23H19F3N2O3. The number of benzene rings is 2. The Balaban J connectivity index is 1.79. The molecule has 0 atom stereocenters. The van der Waals surface area contributed by atoms with Crippen LogP contribution in [0.5, 0.6) is 0 Å². The second-order valence-corrected chi connectivity index (χ2v) is 6.69. The summed E-state index contributed by atoms with van der Waals surface area (Å²) >= 11 is 0. The average Bonchev–Trinajstić information content (AvgIpc) is 2.77. The van der Waals surface area contributed by atoms with Crippen LogP contribution in [0.1, 0.15) is 38.4 Å². The number of carbonyl (C=O) groups excluding carboxylic acids is 2. The molecule has 2 aromatic carbocycles. The molecule has 8 heteroatoms. The third-order valence-corrected chi connectivity index (χ3v) is 4.54. The lowest BCUT2D eigenvalue weighted by atomic mass is 10.0. The predicted octanol–water partition coefficient (Wildman–Crippen LogP) is 5.45. The number of ether oxygens (including phenoxy) is 1. The van der Waals surface area contributed by atoms with E-state index in [-0.39, 0.29) is 23.6 Å². The number of hydrogen-bond acceptors (Lipinski definition) is 5. The number of para-hydroxylation sites is 1. The average molecular weight is 428 g/mol. The van der Waals surface area contributed by atoms with Crippen LogP contribution in [0.15, 0.2) is 66.7 Å². The fraction of sp³-hybridized carbons (Fsp3) is 0.174. The molecule has 0 spiro atoms. The van der Waals surface area contributed by atoms with Crippen molar-refractivity contribution in [2.45, 2.75) is 19.0 Å². The predicted molar refractivity (Wildman–Crippen MR) is 109 cm³/mol. The van der Waals surface area contributed by atoms with Gasteiger partial charge in [-0.1, -0.05) is 30.3 Å². The minimum absolute atomic E-state index is 0.0636. The highest BCUT2D eigenvalue weighted by Gasteiger charge is 2.33. The van der Waals surface area contributed by atoms with Crippen LogP contribution < -0.4 is 5.32 Å². The summed E-state index contributed by atoms with van der Waals surface area (Å²) in [5.74, 6) is -0.959. The van der Waals surface area contributed by atoms with Gasteiger partial charge in [-0.3, -0.25) is 4.79 Å². The first kappa shape index (κ1) is 22.0. The minimum Gasteiger partial charge on any atom is -0.465 e. The summed E-state index contributed by atoms with van der Waals surface area (Å²) in [6.45, 7) is 0. The fourth-order valence-electron chi connectivity index (χ4n) is 2.91. The quantitative estimate of drug-likeness (QED) is 0.401. The summed E-state index contributed by atoms with van der Waals surface area (Å²) in [6, 6.07) is 17.1. The van der Waals surface area contributed by atoms with Crippen LogP contribution in [0.4, 0.5) is 24.7 Å². The number of pyridine rings is 1. The topological polar surface area (TPSA) is 68.3 Å². The van der Waals surface area contributed by atoms with E-state index in [4.69, 9.17) is 0 Å². The van der Waals surface area contributed by atoms with Crippen molar-refractivity contribution in [2.24, 2.45) is 0 Å². The van der Waals surface area contributed by atoms with Gasteiger partial charge in [-0.05, 0) is 48.4 Å². The molecule has 0 radical (unpaired) electrons. The van der Waals surface area contributed by atoms with E-state index < -0.39 is 17.8 Å². The maximum absolute atomic E-state index is 13.1. The number of methoxy groups -OCH3 is 1. The summed E-state index contributed by atoms with van der Waals surface area (Å²) in [5, 5.41) is 2.81. The number of anilines is 2. The van der Waals surface area contributed by atoms with E-state index in [2.05, 4.69) is 15.0 Å². The molecule has 0 saturated carbocycles. The Morgan fingerprint density at radius 1 is 0.968 bits per heavy atom. The van der Waals surface area contributed by atoms with Gasteiger partial charge < -0.3 is 10.1 Å². The van der Waals surface area contributed by atoms with Gasteiger partial charge in [0.05, 0.1) is 18.2 Å². The zero-order valence-corrected chi connectivity index (χ0v) is 16.6. The van der Waals surface area contributed by atoms with Gasteiger partial charge in [0, 0.05) is 12.1 Å². The first-order valence-corrected chi connectivity index (χ1v) is 9.38. The number of nitrogens with one attached hydrogen (secondary N) is 1. The number of hydrogen-bond donors (Lipinski definition) is 1. The van der Waals surface area contributed by atoms with Crippen LogP contribution >= 0.6 is 0 Å². The summed E-state index contributed by atoms with van der Waals surface area (Å²) in [6.07, 6.45) is -4.21. The van der Waals surface area contributed by atoms with E-state index in [0.717, 1.165) is 17.7 Å². The zero-order valence-electron chi connectivity index (χ0n) is 16.6. The van der Waals surface area contributed by atoms with E-state index in [1.165, 1.54) is 7.11 Å². The van der Waals surface area contributed by atoms with Crippen molar-refractivity contribution in [1.82, 2.24) is 4.98 Å². The number of Topliss-reactive ketones (excluding diaryl/α,β-unsaturated/α-hetero) is 1. The molecule has 160 valence electrons. The Bertz CT molecular complexity index is 1070. The van der Waals surface area contributed by atoms with E-state index in [9.17, 15) is 22.8 Å². The van der Waals surface area contributed by atoms with Crippen molar-refractivity contribution in [3.05, 3.63) is 89.1 Å². The molecule has 0 saturated heterocycles. The molecule has 3 rings (SSSR count). The molecule has 0 aliphatic rings. The second-order valence-electron chi connectivity index (χ2n) is 6.69. The minimum atomic E-state index is -4.63. The van der Waals surface area contributed by atoms with Crippen molar-refractivity contribution >= 4 is 23.3 Å². The molecule has 31 heavy (non-hydrogen) atoms. The standard InChI is InChI=1S/C23H19F3N2O3/c1-31-22(30)16-10-7-15(8-11-16)9-13-19(29)18-12-14-20(23(24,25)26)28-21(18)27-17-5-3-2-4-6-17/h2-8,10-12,14H,9,13H2,1H3,(H,27,28). The summed E-state index contributed by atoms with van der Waals surface area (Å²) in [4.78, 5) is 27.9. The summed E-state index contributed by atoms with van der Waals surface area (Å²) in [7, 11) is 1.29. The number of aromatic nitrogens is 1. The van der Waals surface area contributed by atoms with Gasteiger partial charge in [0.15, 0.2) is 5.78 Å². The SMILES string of the molecule is COC(=O)c1ccc(CCC(=O)c2ccc(C(F)(F)F)nc2Nc2ccccc2)cc1. The van der Waals surface area contributed by atoms with Gasteiger partial charge >= 0.3 is 12.1 Å². The maximum Gasteiger partial charge on any atom is 0.433 e. The Morgan fingerprint density at radius 2 is 1.65 bits per heavy atom. The van der Waals surface area contributed by atoms with Crippen LogP contribution in [-0.2, 0) is 17.3 Å². The number of halogens is 3. The first-order chi connectivity index (χ1) is 14.8. The van der Waals surface area contributed by atoms with Crippen molar-refractivity contribution < 1.29 is 27.5 Å². The molecular weight excluding hydrogens is 409 g/mol. The lowest BCUT2D eigenvalue weighted by Crippen LogP contribution is -2.13. The van der Waals surface area contributed by atoms with Crippen LogP contribution in [0.3, 0.4) is 0 Å². The first-order valence-electron chi connectivity index (χ1n) is 9.38. The molecule has 0 fully saturated rings. The molecule has 0 aliphatic carbocycles. The number of rotatable bonds is 7. The Kier molecular flexibility index (Phi) is 6.69. The number of carbonyl (C=O) groups is 2. The molecule has 0 unspecified atom stereocenters. The molecule has 1 heterocycles. The highest BCUT2D eigenvalue weighted by Crippen LogP contribution is 2.31. The fourth-order valence-corrected chi connectivity index (χ4v) is 2.91. The highest BCUT2D eigenvalue weighted by molar-refractivity contribution is 6.01. The summed E-state index contributed by atoms with van der Waals surface area (Å²) < 4.78 is 44.0. The molecule has 3 aromatic rings. The van der Waals surface area contributed by atoms with Crippen molar-refractivity contribution in [3.8, 4) is 0 Å². The molecule has 1 N–H and O–H groups in total. The number of aryl methyl sites for hydroxylation is 1. The highest BCUT2D eigenvalue weighted by atomic mass is 19.4. The van der Waals surface area contributed by atoms with Crippen molar-refractivity contribution in [2.75, 3.05) is 12.4 Å². The second kappa shape index (κ2) is 9.42. The van der Waals surface area contributed by atoms with Gasteiger partial charge in [0.1, 0.15) is 11.5 Å². The molecule has 5 nitrogen and oxygen atoms in total.